The number of carboxylic acid groups (broad SMARTS) is 1. The van der Waals surface area contributed by atoms with E-state index in [1.807, 2.05) is 0 Å². The van der Waals surface area contributed by atoms with Gasteiger partial charge in [0.15, 0.2) is 0 Å². The van der Waals surface area contributed by atoms with Gasteiger partial charge >= 0.3 is 5.97 Å². The fraction of sp³-hybridized carbons (Fsp3) is 0.765. The summed E-state index contributed by atoms with van der Waals surface area (Å²) in [6.45, 7) is 8.61. The van der Waals surface area contributed by atoms with Crippen LogP contribution in [-0.4, -0.2) is 16.1 Å². The average molecular weight is 309 g/mol. The van der Waals surface area contributed by atoms with Crippen LogP contribution in [0.2, 0.25) is 0 Å². The molecule has 1 saturated carbocycles. The van der Waals surface area contributed by atoms with E-state index in [0.29, 0.717) is 12.3 Å². The zero-order valence-electron chi connectivity index (χ0n) is 13.6. The van der Waals surface area contributed by atoms with Crippen LogP contribution in [0.5, 0.6) is 0 Å². The van der Waals surface area contributed by atoms with Gasteiger partial charge in [-0.05, 0) is 18.8 Å². The van der Waals surface area contributed by atoms with Gasteiger partial charge in [0, 0.05) is 17.2 Å². The molecule has 1 aromatic rings. The highest BCUT2D eigenvalue weighted by Gasteiger charge is 2.43. The Bertz CT molecular complexity index is 503. The third-order valence-electron chi connectivity index (χ3n) is 4.79. The molecule has 21 heavy (non-hydrogen) atoms. The molecule has 0 spiro atoms. The molecule has 0 amide bonds. The summed E-state index contributed by atoms with van der Waals surface area (Å²) in [5.41, 5.74) is 0.515. The van der Waals surface area contributed by atoms with Crippen LogP contribution in [0.1, 0.15) is 70.5 Å². The number of hydrogen-bond acceptors (Lipinski definition) is 3. The quantitative estimate of drug-likeness (QED) is 0.880. The fourth-order valence-electron chi connectivity index (χ4n) is 3.29. The molecule has 118 valence electrons. The maximum Gasteiger partial charge on any atom is 0.310 e. The minimum absolute atomic E-state index is 0.0314. The normalized spacial score (nSPS) is 26.8. The zero-order valence-corrected chi connectivity index (χ0v) is 14.4. The van der Waals surface area contributed by atoms with Gasteiger partial charge in [0.2, 0.25) is 0 Å². The van der Waals surface area contributed by atoms with Gasteiger partial charge in [0.1, 0.15) is 0 Å². The van der Waals surface area contributed by atoms with Crippen molar-refractivity contribution in [1.29, 1.82) is 0 Å². The largest absolute Gasteiger partial charge is 0.481 e. The molecule has 1 aliphatic carbocycles. The average Bonchev–Trinajstić information content (AvgIpc) is 2.87. The summed E-state index contributed by atoms with van der Waals surface area (Å²) in [5.74, 6) is -0.0787. The summed E-state index contributed by atoms with van der Waals surface area (Å²) < 4.78 is 0. The first kappa shape index (κ1) is 16.5. The summed E-state index contributed by atoms with van der Waals surface area (Å²) in [6, 6.07) is 0. The van der Waals surface area contributed by atoms with Crippen LogP contribution in [0.4, 0.5) is 0 Å². The molecular formula is C17H27NO2S. The fourth-order valence-corrected chi connectivity index (χ4v) is 4.46. The minimum atomic E-state index is -0.631. The summed E-state index contributed by atoms with van der Waals surface area (Å²) >= 11 is 1.62. The molecule has 2 rings (SSSR count). The third kappa shape index (κ3) is 3.65. The monoisotopic (exact) mass is 309 g/mol. The van der Waals surface area contributed by atoms with E-state index in [0.717, 1.165) is 36.4 Å². The number of rotatable bonds is 4. The highest BCUT2D eigenvalue weighted by atomic mass is 32.1. The summed E-state index contributed by atoms with van der Waals surface area (Å²) in [6.07, 6.45) is 5.49. The van der Waals surface area contributed by atoms with Crippen LogP contribution in [-0.2, 0) is 16.6 Å². The maximum absolute atomic E-state index is 11.9. The van der Waals surface area contributed by atoms with Crippen LogP contribution < -0.4 is 0 Å². The van der Waals surface area contributed by atoms with E-state index < -0.39 is 11.4 Å². The second kappa shape index (κ2) is 6.07. The van der Waals surface area contributed by atoms with Gasteiger partial charge in [-0.15, -0.1) is 11.3 Å². The zero-order chi connectivity index (χ0) is 15.7. The molecule has 4 heteroatoms. The molecule has 2 atom stereocenters. The molecule has 0 aliphatic heterocycles. The van der Waals surface area contributed by atoms with Crippen LogP contribution in [0.3, 0.4) is 0 Å². The van der Waals surface area contributed by atoms with Gasteiger partial charge in [-0.3, -0.25) is 4.79 Å². The first-order valence-corrected chi connectivity index (χ1v) is 8.83. The highest BCUT2D eigenvalue weighted by Crippen LogP contribution is 2.44. The predicted molar refractivity (Wildman–Crippen MR) is 86.8 cm³/mol. The van der Waals surface area contributed by atoms with Crippen LogP contribution in [0, 0.1) is 11.3 Å². The number of carboxylic acids is 1. The number of aliphatic carboxylic acids is 1. The standard InChI is InChI=1S/C17H27NO2S/c1-5-12-7-6-8-17(9-12,15(19)20)10-14-18-13(11-21-14)16(2,3)4/h11-12H,5-10H2,1-4H3,(H,19,20). The second-order valence-corrected chi connectivity index (χ2v) is 8.45. The molecule has 3 nitrogen and oxygen atoms in total. The SMILES string of the molecule is CCC1CCCC(Cc2nc(C(C)(C)C)cs2)(C(=O)O)C1. The number of nitrogens with zero attached hydrogens (tertiary/aromatic N) is 1. The lowest BCUT2D eigenvalue weighted by Crippen LogP contribution is -2.38. The maximum atomic E-state index is 11.9. The van der Waals surface area contributed by atoms with Gasteiger partial charge in [-0.1, -0.05) is 47.0 Å². The van der Waals surface area contributed by atoms with Crippen molar-refractivity contribution in [3.05, 3.63) is 16.1 Å². The van der Waals surface area contributed by atoms with Gasteiger partial charge in [0.05, 0.1) is 16.1 Å². The third-order valence-corrected chi connectivity index (χ3v) is 5.64. The topological polar surface area (TPSA) is 50.2 Å². The van der Waals surface area contributed by atoms with Crippen LogP contribution >= 0.6 is 11.3 Å². The van der Waals surface area contributed by atoms with E-state index in [2.05, 4.69) is 33.1 Å². The van der Waals surface area contributed by atoms with E-state index in [4.69, 9.17) is 4.98 Å². The lowest BCUT2D eigenvalue weighted by Gasteiger charge is -2.37. The molecule has 0 radical (unpaired) electrons. The molecule has 1 aliphatic rings. The molecule has 1 N–H and O–H groups in total. The minimum Gasteiger partial charge on any atom is -0.481 e. The molecule has 1 fully saturated rings. The molecule has 1 aromatic heterocycles. The molecule has 0 bridgehead atoms. The van der Waals surface area contributed by atoms with Crippen molar-refractivity contribution in [2.75, 3.05) is 0 Å². The number of thiazole rings is 1. The first-order chi connectivity index (χ1) is 9.77. The Labute approximate surface area is 131 Å². The number of aromatic nitrogens is 1. The Hall–Kier alpha value is -0.900. The van der Waals surface area contributed by atoms with E-state index in [9.17, 15) is 9.90 Å². The van der Waals surface area contributed by atoms with Gasteiger partial charge in [0.25, 0.3) is 0 Å². The van der Waals surface area contributed by atoms with Crippen LogP contribution in [0.15, 0.2) is 5.38 Å². The Morgan fingerprint density at radius 3 is 2.76 bits per heavy atom. The molecule has 0 aromatic carbocycles. The lowest BCUT2D eigenvalue weighted by atomic mass is 9.67. The molecular weight excluding hydrogens is 282 g/mol. The van der Waals surface area contributed by atoms with E-state index in [1.165, 1.54) is 6.42 Å². The van der Waals surface area contributed by atoms with Crippen molar-refractivity contribution in [2.24, 2.45) is 11.3 Å². The van der Waals surface area contributed by atoms with Gasteiger partial charge in [-0.25, -0.2) is 4.98 Å². The second-order valence-electron chi connectivity index (χ2n) is 7.51. The van der Waals surface area contributed by atoms with Gasteiger partial charge < -0.3 is 5.11 Å². The number of carbonyl (C=O) groups is 1. The van der Waals surface area contributed by atoms with Crippen LogP contribution in [0.25, 0.3) is 0 Å². The molecule has 2 unspecified atom stereocenters. The Morgan fingerprint density at radius 2 is 2.24 bits per heavy atom. The summed E-state index contributed by atoms with van der Waals surface area (Å²) in [5, 5.41) is 12.9. The summed E-state index contributed by atoms with van der Waals surface area (Å²) in [4.78, 5) is 16.6. The van der Waals surface area contributed by atoms with Crippen molar-refractivity contribution in [3.63, 3.8) is 0 Å². The van der Waals surface area contributed by atoms with Crippen molar-refractivity contribution in [3.8, 4) is 0 Å². The van der Waals surface area contributed by atoms with E-state index in [1.54, 1.807) is 11.3 Å². The van der Waals surface area contributed by atoms with Crippen molar-refractivity contribution in [2.45, 2.75) is 71.6 Å². The lowest BCUT2D eigenvalue weighted by molar-refractivity contribution is -0.152. The Kier molecular flexibility index (Phi) is 4.76. The molecule has 0 saturated heterocycles. The number of hydrogen-bond donors (Lipinski definition) is 1. The van der Waals surface area contributed by atoms with Crippen molar-refractivity contribution < 1.29 is 9.90 Å². The summed E-state index contributed by atoms with van der Waals surface area (Å²) in [7, 11) is 0. The molecule has 1 heterocycles. The Morgan fingerprint density at radius 1 is 1.52 bits per heavy atom. The predicted octanol–water partition coefficient (Wildman–Crippen LogP) is 4.65. The van der Waals surface area contributed by atoms with Gasteiger partial charge in [-0.2, -0.15) is 0 Å². The van der Waals surface area contributed by atoms with E-state index >= 15 is 0 Å². The van der Waals surface area contributed by atoms with E-state index in [-0.39, 0.29) is 5.41 Å². The highest BCUT2D eigenvalue weighted by molar-refractivity contribution is 7.09. The Balaban J connectivity index is 2.20. The van der Waals surface area contributed by atoms with Crippen molar-refractivity contribution in [1.82, 2.24) is 4.98 Å². The van der Waals surface area contributed by atoms with Crippen molar-refractivity contribution >= 4 is 17.3 Å². The smallest absolute Gasteiger partial charge is 0.310 e. The first-order valence-electron chi connectivity index (χ1n) is 7.95.